The Bertz CT molecular complexity index is 919. The molecule has 1 N–H and O–H groups in total. The van der Waals surface area contributed by atoms with Crippen LogP contribution in [-0.2, 0) is 11.3 Å². The quantitative estimate of drug-likeness (QED) is 0.753. The normalized spacial score (nSPS) is 12.0. The van der Waals surface area contributed by atoms with Crippen molar-refractivity contribution >= 4 is 16.8 Å². The maximum absolute atomic E-state index is 12.4. The van der Waals surface area contributed by atoms with E-state index in [0.29, 0.717) is 24.0 Å². The maximum Gasteiger partial charge on any atom is 0.261 e. The third-order valence-corrected chi connectivity index (χ3v) is 4.29. The van der Waals surface area contributed by atoms with Gasteiger partial charge in [0.25, 0.3) is 5.56 Å². The first kappa shape index (κ1) is 16.9. The Morgan fingerprint density at radius 1 is 1.12 bits per heavy atom. The number of carbonyl (C=O) groups is 1. The summed E-state index contributed by atoms with van der Waals surface area (Å²) in [4.78, 5) is 28.7. The highest BCUT2D eigenvalue weighted by atomic mass is 16.1. The second kappa shape index (κ2) is 7.75. The summed E-state index contributed by atoms with van der Waals surface area (Å²) in [6.07, 6.45) is 1.76. The van der Waals surface area contributed by atoms with Gasteiger partial charge in [-0.25, -0.2) is 4.98 Å². The third kappa shape index (κ3) is 4.12. The second-order valence-electron chi connectivity index (χ2n) is 6.13. The summed E-state index contributed by atoms with van der Waals surface area (Å²) >= 11 is 0. The molecule has 0 fully saturated rings. The van der Waals surface area contributed by atoms with Crippen molar-refractivity contribution in [3.8, 4) is 0 Å². The van der Waals surface area contributed by atoms with Crippen molar-refractivity contribution in [1.29, 1.82) is 0 Å². The van der Waals surface area contributed by atoms with Gasteiger partial charge < -0.3 is 5.32 Å². The van der Waals surface area contributed by atoms with Crippen molar-refractivity contribution in [3.63, 3.8) is 0 Å². The van der Waals surface area contributed by atoms with Gasteiger partial charge in [-0.1, -0.05) is 49.4 Å². The summed E-state index contributed by atoms with van der Waals surface area (Å²) in [5.74, 6) is 0.179. The van der Waals surface area contributed by atoms with Crippen LogP contribution in [0.2, 0.25) is 0 Å². The standard InChI is InChI=1S/C20H21N3O2/c1-15(16-7-3-2-4-8-16)13-21-19(24)11-12-23-14-22-18-10-6-5-9-17(18)20(23)25/h2-10,14-15H,11-13H2,1H3,(H,21,24). The molecule has 1 amide bonds. The molecule has 25 heavy (non-hydrogen) atoms. The first-order valence-corrected chi connectivity index (χ1v) is 8.41. The number of hydrogen-bond acceptors (Lipinski definition) is 3. The van der Waals surface area contributed by atoms with Crippen LogP contribution in [-0.4, -0.2) is 22.0 Å². The lowest BCUT2D eigenvalue weighted by atomic mass is 10.0. The number of rotatable bonds is 6. The summed E-state index contributed by atoms with van der Waals surface area (Å²) in [5.41, 5.74) is 1.75. The topological polar surface area (TPSA) is 64.0 Å². The van der Waals surface area contributed by atoms with E-state index in [1.807, 2.05) is 30.3 Å². The van der Waals surface area contributed by atoms with Crippen molar-refractivity contribution in [2.45, 2.75) is 25.8 Å². The molecule has 0 aliphatic heterocycles. The first-order chi connectivity index (χ1) is 12.1. The van der Waals surface area contributed by atoms with Crippen LogP contribution < -0.4 is 10.9 Å². The first-order valence-electron chi connectivity index (χ1n) is 8.41. The van der Waals surface area contributed by atoms with E-state index in [1.165, 1.54) is 16.5 Å². The number of aromatic nitrogens is 2. The number of fused-ring (bicyclic) bond motifs is 1. The molecule has 0 bridgehead atoms. The van der Waals surface area contributed by atoms with Crippen LogP contribution >= 0.6 is 0 Å². The molecule has 0 saturated heterocycles. The van der Waals surface area contributed by atoms with Crippen LogP contribution in [0.5, 0.6) is 0 Å². The van der Waals surface area contributed by atoms with Gasteiger partial charge in [-0.05, 0) is 23.6 Å². The zero-order valence-corrected chi connectivity index (χ0v) is 14.2. The van der Waals surface area contributed by atoms with Gasteiger partial charge >= 0.3 is 0 Å². The average molecular weight is 335 g/mol. The van der Waals surface area contributed by atoms with Crippen molar-refractivity contribution in [3.05, 3.63) is 76.8 Å². The van der Waals surface area contributed by atoms with E-state index in [1.54, 1.807) is 12.1 Å². The Labute approximate surface area is 146 Å². The smallest absolute Gasteiger partial charge is 0.261 e. The molecular weight excluding hydrogens is 314 g/mol. The van der Waals surface area contributed by atoms with Gasteiger partial charge in [0.15, 0.2) is 0 Å². The van der Waals surface area contributed by atoms with Crippen molar-refractivity contribution in [2.24, 2.45) is 0 Å². The van der Waals surface area contributed by atoms with Crippen molar-refractivity contribution in [1.82, 2.24) is 14.9 Å². The van der Waals surface area contributed by atoms with Crippen molar-refractivity contribution < 1.29 is 4.79 Å². The molecule has 5 heteroatoms. The number of nitrogens with zero attached hydrogens (tertiary/aromatic N) is 2. The molecule has 0 aliphatic carbocycles. The number of aryl methyl sites for hydroxylation is 1. The van der Waals surface area contributed by atoms with E-state index < -0.39 is 0 Å². The average Bonchev–Trinajstić information content (AvgIpc) is 2.66. The van der Waals surface area contributed by atoms with Crippen LogP contribution in [0.4, 0.5) is 0 Å². The Morgan fingerprint density at radius 3 is 2.64 bits per heavy atom. The lowest BCUT2D eigenvalue weighted by Gasteiger charge is -2.13. The number of carbonyl (C=O) groups excluding carboxylic acids is 1. The van der Waals surface area contributed by atoms with E-state index in [2.05, 4.69) is 29.4 Å². The molecule has 0 saturated carbocycles. The molecule has 3 aromatic rings. The lowest BCUT2D eigenvalue weighted by molar-refractivity contribution is -0.121. The maximum atomic E-state index is 12.4. The molecular formula is C20H21N3O2. The highest BCUT2D eigenvalue weighted by molar-refractivity contribution is 5.77. The molecule has 2 aromatic carbocycles. The minimum absolute atomic E-state index is 0.0668. The zero-order chi connectivity index (χ0) is 17.6. The molecule has 1 heterocycles. The monoisotopic (exact) mass is 335 g/mol. The SMILES string of the molecule is CC(CNC(=O)CCn1cnc2ccccc2c1=O)c1ccccc1. The molecule has 1 unspecified atom stereocenters. The van der Waals surface area contributed by atoms with Crippen LogP contribution in [0, 0.1) is 0 Å². The van der Waals surface area contributed by atoms with Gasteiger partial charge in [0.1, 0.15) is 0 Å². The molecule has 0 spiro atoms. The van der Waals surface area contributed by atoms with Crippen molar-refractivity contribution in [2.75, 3.05) is 6.54 Å². The minimum atomic E-state index is -0.115. The highest BCUT2D eigenvalue weighted by Crippen LogP contribution is 2.13. The zero-order valence-electron chi connectivity index (χ0n) is 14.2. The number of para-hydroxylation sites is 1. The largest absolute Gasteiger partial charge is 0.355 e. The predicted octanol–water partition coefficient (Wildman–Crippen LogP) is 2.71. The number of benzene rings is 2. The molecule has 0 aliphatic rings. The van der Waals surface area contributed by atoms with Gasteiger partial charge in [-0.2, -0.15) is 0 Å². The Hall–Kier alpha value is -2.95. The number of nitrogens with one attached hydrogen (secondary N) is 1. The molecule has 128 valence electrons. The molecule has 5 nitrogen and oxygen atoms in total. The van der Waals surface area contributed by atoms with Gasteiger partial charge in [0.2, 0.25) is 5.91 Å². The fourth-order valence-corrected chi connectivity index (χ4v) is 2.74. The summed E-state index contributed by atoms with van der Waals surface area (Å²) in [6.45, 7) is 2.98. The van der Waals surface area contributed by atoms with Crippen LogP contribution in [0.3, 0.4) is 0 Å². The van der Waals surface area contributed by atoms with Gasteiger partial charge in [0.05, 0.1) is 17.2 Å². The molecule has 1 aromatic heterocycles. The van der Waals surface area contributed by atoms with E-state index in [-0.39, 0.29) is 23.8 Å². The van der Waals surface area contributed by atoms with E-state index in [4.69, 9.17) is 0 Å². The fourth-order valence-electron chi connectivity index (χ4n) is 2.74. The third-order valence-electron chi connectivity index (χ3n) is 4.29. The van der Waals surface area contributed by atoms with Gasteiger partial charge in [-0.3, -0.25) is 14.2 Å². The molecule has 1 atom stereocenters. The summed E-state index contributed by atoms with van der Waals surface area (Å²) < 4.78 is 1.49. The predicted molar refractivity (Wildman–Crippen MR) is 98.5 cm³/mol. The Kier molecular flexibility index (Phi) is 5.23. The van der Waals surface area contributed by atoms with Gasteiger partial charge in [0, 0.05) is 19.5 Å². The number of hydrogen-bond donors (Lipinski definition) is 1. The van der Waals surface area contributed by atoms with Gasteiger partial charge in [-0.15, -0.1) is 0 Å². The Balaban J connectivity index is 1.56. The van der Waals surface area contributed by atoms with E-state index in [0.717, 1.165) is 0 Å². The number of amides is 1. The summed E-state index contributed by atoms with van der Waals surface area (Å²) in [7, 11) is 0. The second-order valence-corrected chi connectivity index (χ2v) is 6.13. The van der Waals surface area contributed by atoms with Crippen LogP contribution in [0.15, 0.2) is 65.7 Å². The molecule has 0 radical (unpaired) electrons. The summed E-state index contributed by atoms with van der Waals surface area (Å²) in [6, 6.07) is 17.3. The summed E-state index contributed by atoms with van der Waals surface area (Å²) in [5, 5.41) is 3.51. The highest BCUT2D eigenvalue weighted by Gasteiger charge is 2.09. The fraction of sp³-hybridized carbons (Fsp3) is 0.250. The lowest BCUT2D eigenvalue weighted by Crippen LogP contribution is -2.30. The Morgan fingerprint density at radius 2 is 1.84 bits per heavy atom. The van der Waals surface area contributed by atoms with Crippen LogP contribution in [0.1, 0.15) is 24.8 Å². The van der Waals surface area contributed by atoms with E-state index >= 15 is 0 Å². The van der Waals surface area contributed by atoms with E-state index in [9.17, 15) is 9.59 Å². The molecule has 3 rings (SSSR count). The minimum Gasteiger partial charge on any atom is -0.355 e. The van der Waals surface area contributed by atoms with Crippen LogP contribution in [0.25, 0.3) is 10.9 Å².